The van der Waals surface area contributed by atoms with Gasteiger partial charge in [-0.05, 0) is 43.9 Å². The average molecular weight is 293 g/mol. The number of benzene rings is 1. The third-order valence-corrected chi connectivity index (χ3v) is 3.86. The molecule has 3 nitrogen and oxygen atoms in total. The molecular weight excluding hydrogens is 279 g/mol. The van der Waals surface area contributed by atoms with Crippen LogP contribution in [0.1, 0.15) is 24.1 Å². The first-order valence-corrected chi connectivity index (χ1v) is 6.96. The Morgan fingerprint density at radius 2 is 2.00 bits per heavy atom. The molecule has 0 atom stereocenters. The predicted molar refractivity (Wildman–Crippen MR) is 75.6 cm³/mol. The highest BCUT2D eigenvalue weighted by Crippen LogP contribution is 2.29. The van der Waals surface area contributed by atoms with Crippen LogP contribution in [0.2, 0.25) is 5.15 Å². The van der Waals surface area contributed by atoms with Gasteiger partial charge in [-0.2, -0.15) is 0 Å². The zero-order valence-electron chi connectivity index (χ0n) is 11.1. The Morgan fingerprint density at radius 1 is 1.20 bits per heavy atom. The number of hydrogen-bond acceptors (Lipinski definition) is 3. The van der Waals surface area contributed by atoms with Crippen molar-refractivity contribution in [3.63, 3.8) is 0 Å². The highest BCUT2D eigenvalue weighted by molar-refractivity contribution is 6.30. The molecule has 1 aliphatic carbocycles. The Hall–Kier alpha value is -1.68. The largest absolute Gasteiger partial charge is 0.494 e. The van der Waals surface area contributed by atoms with Gasteiger partial charge in [-0.3, -0.25) is 0 Å². The van der Waals surface area contributed by atoms with Crippen LogP contribution in [-0.4, -0.2) is 17.1 Å². The van der Waals surface area contributed by atoms with Crippen molar-refractivity contribution in [2.45, 2.75) is 25.7 Å². The summed E-state index contributed by atoms with van der Waals surface area (Å²) in [5.74, 6) is 0.248. The maximum absolute atomic E-state index is 13.8. The lowest BCUT2D eigenvalue weighted by atomic mass is 9.97. The summed E-state index contributed by atoms with van der Waals surface area (Å²) in [4.78, 5) is 8.84. The number of hydrogen-bond donors (Lipinski definition) is 0. The third kappa shape index (κ3) is 2.36. The second kappa shape index (κ2) is 5.37. The quantitative estimate of drug-likeness (QED) is 0.789. The molecule has 2 aromatic rings. The Labute approximate surface area is 121 Å². The minimum absolute atomic E-state index is 0.206. The van der Waals surface area contributed by atoms with Gasteiger partial charge in [0, 0.05) is 16.8 Å². The smallest absolute Gasteiger partial charge is 0.165 e. The van der Waals surface area contributed by atoms with E-state index in [9.17, 15) is 4.39 Å². The molecule has 20 heavy (non-hydrogen) atoms. The van der Waals surface area contributed by atoms with Crippen molar-refractivity contribution in [1.82, 2.24) is 9.97 Å². The van der Waals surface area contributed by atoms with Crippen LogP contribution in [0.25, 0.3) is 11.4 Å². The van der Waals surface area contributed by atoms with Crippen molar-refractivity contribution in [2.24, 2.45) is 0 Å². The zero-order valence-corrected chi connectivity index (χ0v) is 11.9. The molecule has 0 aliphatic heterocycles. The van der Waals surface area contributed by atoms with Crippen LogP contribution < -0.4 is 4.74 Å². The van der Waals surface area contributed by atoms with Crippen molar-refractivity contribution in [3.05, 3.63) is 40.4 Å². The summed E-state index contributed by atoms with van der Waals surface area (Å²) in [6.07, 6.45) is 4.05. The molecule has 3 rings (SSSR count). The first-order valence-electron chi connectivity index (χ1n) is 6.58. The van der Waals surface area contributed by atoms with E-state index >= 15 is 0 Å². The highest BCUT2D eigenvalue weighted by atomic mass is 35.5. The molecule has 0 amide bonds. The topological polar surface area (TPSA) is 35.0 Å². The van der Waals surface area contributed by atoms with Crippen molar-refractivity contribution in [2.75, 3.05) is 7.11 Å². The van der Waals surface area contributed by atoms with E-state index in [1.54, 1.807) is 12.1 Å². The maximum Gasteiger partial charge on any atom is 0.165 e. The number of nitrogens with zero attached hydrogens (tertiary/aromatic N) is 2. The number of aryl methyl sites for hydroxylation is 1. The van der Waals surface area contributed by atoms with E-state index in [1.807, 2.05) is 0 Å². The second-order valence-electron chi connectivity index (χ2n) is 4.82. The van der Waals surface area contributed by atoms with E-state index in [4.69, 9.17) is 16.3 Å². The van der Waals surface area contributed by atoms with Gasteiger partial charge in [0.25, 0.3) is 0 Å². The van der Waals surface area contributed by atoms with Gasteiger partial charge in [-0.15, -0.1) is 0 Å². The van der Waals surface area contributed by atoms with E-state index < -0.39 is 5.82 Å². The maximum atomic E-state index is 13.8. The standard InChI is InChI=1S/C15H14ClFN2O/c1-20-13-7-6-9(8-11(13)17)15-18-12-5-3-2-4-10(12)14(16)19-15/h6-8H,2-5H2,1H3. The molecule has 0 spiro atoms. The Bertz CT molecular complexity index is 661. The van der Waals surface area contributed by atoms with Crippen LogP contribution in [0.3, 0.4) is 0 Å². The molecule has 5 heteroatoms. The minimum Gasteiger partial charge on any atom is -0.494 e. The lowest BCUT2D eigenvalue weighted by molar-refractivity contribution is 0.386. The van der Waals surface area contributed by atoms with Crippen LogP contribution in [-0.2, 0) is 12.8 Å². The zero-order chi connectivity index (χ0) is 14.1. The van der Waals surface area contributed by atoms with Crippen LogP contribution in [0.5, 0.6) is 5.75 Å². The van der Waals surface area contributed by atoms with Gasteiger partial charge in [-0.1, -0.05) is 11.6 Å². The molecule has 104 valence electrons. The predicted octanol–water partition coefficient (Wildman–Crippen LogP) is 3.82. The molecule has 1 aromatic carbocycles. The second-order valence-corrected chi connectivity index (χ2v) is 5.18. The number of halogens is 2. The lowest BCUT2D eigenvalue weighted by Crippen LogP contribution is -2.08. The van der Waals surface area contributed by atoms with Gasteiger partial charge in [0.2, 0.25) is 0 Å². The SMILES string of the molecule is COc1ccc(-c2nc(Cl)c3c(n2)CCCC3)cc1F. The lowest BCUT2D eigenvalue weighted by Gasteiger charge is -2.16. The van der Waals surface area contributed by atoms with Crippen molar-refractivity contribution in [3.8, 4) is 17.1 Å². The molecule has 0 unspecified atom stereocenters. The molecule has 0 saturated carbocycles. The fraction of sp³-hybridized carbons (Fsp3) is 0.333. The molecule has 1 aromatic heterocycles. The summed E-state index contributed by atoms with van der Waals surface area (Å²) in [6.45, 7) is 0. The third-order valence-electron chi connectivity index (χ3n) is 3.54. The van der Waals surface area contributed by atoms with E-state index in [1.165, 1.54) is 13.2 Å². The Morgan fingerprint density at radius 3 is 2.75 bits per heavy atom. The monoisotopic (exact) mass is 292 g/mol. The van der Waals surface area contributed by atoms with Crippen LogP contribution in [0.4, 0.5) is 4.39 Å². The Kier molecular flexibility index (Phi) is 3.57. The molecule has 0 fully saturated rings. The molecule has 0 radical (unpaired) electrons. The normalized spacial score (nSPS) is 13.9. The van der Waals surface area contributed by atoms with Gasteiger partial charge in [0.15, 0.2) is 17.4 Å². The first kappa shape index (κ1) is 13.3. The number of methoxy groups -OCH3 is 1. The van der Waals surface area contributed by atoms with Crippen LogP contribution in [0.15, 0.2) is 18.2 Å². The molecule has 0 bridgehead atoms. The van der Waals surface area contributed by atoms with E-state index in [0.29, 0.717) is 16.5 Å². The molecule has 1 aliphatic rings. The fourth-order valence-corrected chi connectivity index (χ4v) is 2.77. The molecule has 0 N–H and O–H groups in total. The van der Waals surface area contributed by atoms with Crippen molar-refractivity contribution in [1.29, 1.82) is 0 Å². The summed E-state index contributed by atoms with van der Waals surface area (Å²) in [5.41, 5.74) is 2.64. The van der Waals surface area contributed by atoms with Gasteiger partial charge in [0.05, 0.1) is 7.11 Å². The van der Waals surface area contributed by atoms with Crippen LogP contribution in [0, 0.1) is 5.82 Å². The van der Waals surface area contributed by atoms with Gasteiger partial charge in [-0.25, -0.2) is 14.4 Å². The summed E-state index contributed by atoms with van der Waals surface area (Å²) in [7, 11) is 1.43. The van der Waals surface area contributed by atoms with E-state index in [0.717, 1.165) is 36.9 Å². The first-order chi connectivity index (χ1) is 9.69. The molecule has 0 saturated heterocycles. The number of aromatic nitrogens is 2. The fourth-order valence-electron chi connectivity index (χ4n) is 2.48. The molecule has 1 heterocycles. The number of fused-ring (bicyclic) bond motifs is 1. The average Bonchev–Trinajstić information content (AvgIpc) is 2.47. The van der Waals surface area contributed by atoms with E-state index in [2.05, 4.69) is 9.97 Å². The van der Waals surface area contributed by atoms with Gasteiger partial charge >= 0.3 is 0 Å². The molecular formula is C15H14ClFN2O. The van der Waals surface area contributed by atoms with E-state index in [-0.39, 0.29) is 5.75 Å². The highest BCUT2D eigenvalue weighted by Gasteiger charge is 2.17. The number of ether oxygens (including phenoxy) is 1. The van der Waals surface area contributed by atoms with Crippen molar-refractivity contribution >= 4 is 11.6 Å². The Balaban J connectivity index is 2.06. The summed E-state index contributed by atoms with van der Waals surface area (Å²) < 4.78 is 18.7. The summed E-state index contributed by atoms with van der Waals surface area (Å²) in [6, 6.07) is 4.68. The van der Waals surface area contributed by atoms with Gasteiger partial charge in [0.1, 0.15) is 5.15 Å². The summed E-state index contributed by atoms with van der Waals surface area (Å²) in [5, 5.41) is 0.487. The number of rotatable bonds is 2. The van der Waals surface area contributed by atoms with Crippen LogP contribution >= 0.6 is 11.6 Å². The summed E-state index contributed by atoms with van der Waals surface area (Å²) >= 11 is 6.23. The van der Waals surface area contributed by atoms with Gasteiger partial charge < -0.3 is 4.74 Å². The minimum atomic E-state index is -0.428. The van der Waals surface area contributed by atoms with Crippen molar-refractivity contribution < 1.29 is 9.13 Å².